The highest BCUT2D eigenvalue weighted by Crippen LogP contribution is 2.36. The van der Waals surface area contributed by atoms with Crippen molar-refractivity contribution in [1.82, 2.24) is 5.32 Å². The van der Waals surface area contributed by atoms with Crippen LogP contribution < -0.4 is 5.32 Å². The van der Waals surface area contributed by atoms with Crippen LogP contribution in [0.25, 0.3) is 11.1 Å². The summed E-state index contributed by atoms with van der Waals surface area (Å²) < 4.78 is 17.5. The van der Waals surface area contributed by atoms with Gasteiger partial charge in [0.1, 0.15) is 0 Å². The van der Waals surface area contributed by atoms with Gasteiger partial charge in [-0.05, 0) is 50.5 Å². The topological polar surface area (TPSA) is 73.9 Å². The van der Waals surface area contributed by atoms with Crippen molar-refractivity contribution in [2.45, 2.75) is 33.2 Å². The second kappa shape index (κ2) is 10.1. The highest BCUT2D eigenvalue weighted by atomic mass is 28.4. The quantitative estimate of drug-likeness (QED) is 0.369. The summed E-state index contributed by atoms with van der Waals surface area (Å²) in [6.45, 7) is 7.85. The second-order valence-electron chi connectivity index (χ2n) is 6.98. The molecule has 0 unspecified atom stereocenters. The molecule has 2 aromatic carbocycles. The number of nitrogens with one attached hydrogen (secondary N) is 1. The molecule has 1 aliphatic carbocycles. The highest BCUT2D eigenvalue weighted by Gasteiger charge is 2.39. The normalized spacial score (nSPS) is 12.6. The van der Waals surface area contributed by atoms with Gasteiger partial charge < -0.3 is 18.6 Å². The molecular formula is C23H29NO5Si. The third-order valence-corrected chi connectivity index (χ3v) is 8.18. The zero-order valence-corrected chi connectivity index (χ0v) is 18.8. The smallest absolute Gasteiger partial charge is 0.374 e. The van der Waals surface area contributed by atoms with Gasteiger partial charge in [-0.2, -0.15) is 0 Å². The molecule has 0 atom stereocenters. The predicted octanol–water partition coefficient (Wildman–Crippen LogP) is 4.07. The fourth-order valence-corrected chi connectivity index (χ4v) is 6.39. The third kappa shape index (κ3) is 4.70. The molecule has 0 saturated heterocycles. The fraction of sp³-hybridized carbons (Fsp3) is 0.391. The molecule has 0 bridgehead atoms. The second-order valence-corrected chi connectivity index (χ2v) is 9.71. The van der Waals surface area contributed by atoms with Crippen molar-refractivity contribution in [2.24, 2.45) is 0 Å². The molecule has 2 aromatic rings. The Bertz CT molecular complexity index is 897. The average molecular weight is 428 g/mol. The number of fused-ring (bicyclic) bond motifs is 3. The van der Waals surface area contributed by atoms with E-state index in [1.807, 2.05) is 51.1 Å². The summed E-state index contributed by atoms with van der Waals surface area (Å²) in [4.78, 5) is 25.3. The van der Waals surface area contributed by atoms with Crippen LogP contribution in [-0.4, -0.2) is 46.9 Å². The van der Waals surface area contributed by atoms with E-state index in [0.29, 0.717) is 55.5 Å². The molecule has 1 N–H and O–H groups in total. The van der Waals surface area contributed by atoms with Crippen LogP contribution in [0.15, 0.2) is 42.5 Å². The van der Waals surface area contributed by atoms with Gasteiger partial charge in [0.25, 0.3) is 5.91 Å². The summed E-state index contributed by atoms with van der Waals surface area (Å²) in [6, 6.07) is 13.5. The first-order valence-electron chi connectivity index (χ1n) is 10.5. The number of hydrogen-bond acceptors (Lipinski definition) is 5. The van der Waals surface area contributed by atoms with E-state index in [4.69, 9.17) is 13.3 Å². The molecule has 6 nitrogen and oxygen atoms in total. The minimum atomic E-state index is -2.70. The van der Waals surface area contributed by atoms with E-state index in [2.05, 4.69) is 5.32 Å². The Labute approximate surface area is 178 Å². The van der Waals surface area contributed by atoms with Crippen molar-refractivity contribution in [3.63, 3.8) is 0 Å². The summed E-state index contributed by atoms with van der Waals surface area (Å²) in [5, 5.41) is 2.93. The van der Waals surface area contributed by atoms with Gasteiger partial charge in [0, 0.05) is 49.1 Å². The molecule has 0 aromatic heterocycles. The van der Waals surface area contributed by atoms with Crippen LogP contribution in [-0.2, 0) is 13.3 Å². The molecule has 1 aliphatic rings. The van der Waals surface area contributed by atoms with Crippen molar-refractivity contribution < 1.29 is 22.9 Å². The predicted molar refractivity (Wildman–Crippen MR) is 118 cm³/mol. The van der Waals surface area contributed by atoms with Crippen molar-refractivity contribution in [3.8, 4) is 11.1 Å². The van der Waals surface area contributed by atoms with Crippen molar-refractivity contribution in [3.05, 3.63) is 59.2 Å². The Morgan fingerprint density at radius 3 is 2.10 bits per heavy atom. The standard InChI is InChI=1S/C23H29NO5Si/c1-4-27-30(28-5-2,29-6-3)15-9-14-24-23(26)17-12-13-19-18-10-7-8-11-20(18)22(25)21(19)16-17/h7-8,10-13,16H,4-6,9,14-15H2,1-3H3,(H,24,26). The molecule has 1 amide bonds. The Morgan fingerprint density at radius 1 is 0.867 bits per heavy atom. The first-order valence-corrected chi connectivity index (χ1v) is 12.5. The molecule has 0 radical (unpaired) electrons. The van der Waals surface area contributed by atoms with E-state index in [9.17, 15) is 9.59 Å². The van der Waals surface area contributed by atoms with E-state index >= 15 is 0 Å². The Kier molecular flexibility index (Phi) is 7.55. The van der Waals surface area contributed by atoms with Crippen LogP contribution >= 0.6 is 0 Å². The summed E-state index contributed by atoms with van der Waals surface area (Å²) in [7, 11) is -2.70. The fourth-order valence-electron chi connectivity index (χ4n) is 3.78. The lowest BCUT2D eigenvalue weighted by Crippen LogP contribution is -2.46. The van der Waals surface area contributed by atoms with E-state index < -0.39 is 8.80 Å². The molecule has 30 heavy (non-hydrogen) atoms. The van der Waals surface area contributed by atoms with E-state index in [0.717, 1.165) is 11.1 Å². The van der Waals surface area contributed by atoms with Gasteiger partial charge in [0.2, 0.25) is 0 Å². The van der Waals surface area contributed by atoms with E-state index in [1.165, 1.54) is 0 Å². The van der Waals surface area contributed by atoms with Gasteiger partial charge in [-0.15, -0.1) is 0 Å². The highest BCUT2D eigenvalue weighted by molar-refractivity contribution is 6.60. The molecule has 3 rings (SSSR count). The Morgan fingerprint density at radius 2 is 1.47 bits per heavy atom. The summed E-state index contributed by atoms with van der Waals surface area (Å²) in [5.74, 6) is -0.228. The lowest BCUT2D eigenvalue weighted by Gasteiger charge is -2.28. The number of rotatable bonds is 11. The average Bonchev–Trinajstić information content (AvgIpc) is 3.04. The lowest BCUT2D eigenvalue weighted by molar-refractivity contribution is 0.0704. The molecule has 0 saturated carbocycles. The number of carbonyl (C=O) groups is 2. The van der Waals surface area contributed by atoms with Crippen LogP contribution in [0.5, 0.6) is 0 Å². The summed E-state index contributed by atoms with van der Waals surface area (Å²) >= 11 is 0. The van der Waals surface area contributed by atoms with E-state index in [-0.39, 0.29) is 11.7 Å². The molecule has 0 fully saturated rings. The van der Waals surface area contributed by atoms with Gasteiger partial charge in [0.15, 0.2) is 5.78 Å². The maximum Gasteiger partial charge on any atom is 0.500 e. The zero-order valence-electron chi connectivity index (χ0n) is 17.8. The van der Waals surface area contributed by atoms with Gasteiger partial charge in [-0.25, -0.2) is 0 Å². The minimum Gasteiger partial charge on any atom is -0.374 e. The lowest BCUT2D eigenvalue weighted by atomic mass is 10.0. The molecule has 0 spiro atoms. The SMILES string of the molecule is CCO[Si](CCCNC(=O)c1ccc2c(c1)C(=O)c1ccccc1-2)(OCC)OCC. The number of benzene rings is 2. The number of carbonyl (C=O) groups excluding carboxylic acids is 2. The van der Waals surface area contributed by atoms with Gasteiger partial charge in [-0.1, -0.05) is 30.3 Å². The number of hydrogen-bond donors (Lipinski definition) is 1. The molecule has 0 aliphatic heterocycles. The summed E-state index contributed by atoms with van der Waals surface area (Å²) in [6.07, 6.45) is 0.688. The number of ketones is 1. The van der Waals surface area contributed by atoms with Gasteiger partial charge >= 0.3 is 8.80 Å². The molecule has 0 heterocycles. The first kappa shape index (κ1) is 22.4. The maximum atomic E-state index is 12.6. The third-order valence-electron chi connectivity index (χ3n) is 5.03. The molecule has 7 heteroatoms. The van der Waals surface area contributed by atoms with Crippen LogP contribution in [0.4, 0.5) is 0 Å². The zero-order chi connectivity index (χ0) is 21.6. The molecular weight excluding hydrogens is 398 g/mol. The van der Waals surface area contributed by atoms with Crippen molar-refractivity contribution in [1.29, 1.82) is 0 Å². The van der Waals surface area contributed by atoms with Crippen molar-refractivity contribution in [2.75, 3.05) is 26.4 Å². The van der Waals surface area contributed by atoms with Crippen LogP contribution in [0, 0.1) is 0 Å². The first-order chi connectivity index (χ1) is 14.5. The van der Waals surface area contributed by atoms with Crippen LogP contribution in [0.2, 0.25) is 6.04 Å². The van der Waals surface area contributed by atoms with Crippen LogP contribution in [0.3, 0.4) is 0 Å². The number of amides is 1. The maximum absolute atomic E-state index is 12.6. The van der Waals surface area contributed by atoms with E-state index in [1.54, 1.807) is 12.1 Å². The van der Waals surface area contributed by atoms with Crippen molar-refractivity contribution >= 4 is 20.5 Å². The monoisotopic (exact) mass is 427 g/mol. The molecule has 160 valence electrons. The van der Waals surface area contributed by atoms with Crippen LogP contribution in [0.1, 0.15) is 53.5 Å². The Balaban J connectivity index is 1.60. The Hall–Kier alpha value is -2.32. The van der Waals surface area contributed by atoms with Gasteiger partial charge in [-0.3, -0.25) is 9.59 Å². The largest absolute Gasteiger partial charge is 0.500 e. The van der Waals surface area contributed by atoms with Gasteiger partial charge in [0.05, 0.1) is 0 Å². The minimum absolute atomic E-state index is 0.0313. The summed E-state index contributed by atoms with van der Waals surface area (Å²) in [5.41, 5.74) is 3.56.